The van der Waals surface area contributed by atoms with Crippen LogP contribution in [0.2, 0.25) is 0 Å². The van der Waals surface area contributed by atoms with Gasteiger partial charge in [-0.2, -0.15) is 0 Å². The van der Waals surface area contributed by atoms with Crippen LogP contribution in [0.25, 0.3) is 0 Å². The molecule has 16 heavy (non-hydrogen) atoms. The second-order valence-corrected chi connectivity index (χ2v) is 3.89. The van der Waals surface area contributed by atoms with Crippen LogP contribution in [-0.2, 0) is 0 Å². The normalized spacial score (nSPS) is 9.81. The number of anilines is 1. The molecule has 1 aromatic rings. The predicted molar refractivity (Wildman–Crippen MR) is 68.0 cm³/mol. The fraction of sp³-hybridized carbons (Fsp3) is 0.455. The fourth-order valence-electron chi connectivity index (χ4n) is 1.49. The van der Waals surface area contributed by atoms with Gasteiger partial charge >= 0.3 is 0 Å². The molecule has 4 nitrogen and oxygen atoms in total. The van der Waals surface area contributed by atoms with Crippen molar-refractivity contribution in [3.05, 3.63) is 10.5 Å². The highest BCUT2D eigenvalue weighted by Crippen LogP contribution is 2.47. The molecule has 0 saturated carbocycles. The molecule has 0 aromatic heterocycles. The number of rotatable bonds is 5. The predicted octanol–water partition coefficient (Wildman–Crippen LogP) is 2.91. The van der Waals surface area contributed by atoms with Gasteiger partial charge in [-0.25, -0.2) is 0 Å². The number of hydrogen-bond acceptors (Lipinski definition) is 4. The minimum atomic E-state index is 0.579. The highest BCUT2D eigenvalue weighted by Gasteiger charge is 2.19. The van der Waals surface area contributed by atoms with Gasteiger partial charge in [0, 0.05) is 6.54 Å². The molecule has 0 radical (unpaired) electrons. The summed E-state index contributed by atoms with van der Waals surface area (Å²) in [6, 6.07) is 1.91. The van der Waals surface area contributed by atoms with Crippen LogP contribution in [-0.4, -0.2) is 27.9 Å². The van der Waals surface area contributed by atoms with E-state index in [-0.39, 0.29) is 0 Å². The van der Waals surface area contributed by atoms with Gasteiger partial charge < -0.3 is 19.5 Å². The van der Waals surface area contributed by atoms with Gasteiger partial charge in [0.2, 0.25) is 5.75 Å². The average molecular weight is 290 g/mol. The van der Waals surface area contributed by atoms with Crippen molar-refractivity contribution in [1.82, 2.24) is 0 Å². The second kappa shape index (κ2) is 5.84. The van der Waals surface area contributed by atoms with Crippen molar-refractivity contribution in [2.45, 2.75) is 6.92 Å². The van der Waals surface area contributed by atoms with E-state index in [1.54, 1.807) is 21.3 Å². The molecule has 0 aliphatic rings. The molecule has 5 heteroatoms. The molecule has 0 heterocycles. The monoisotopic (exact) mass is 289 g/mol. The molecule has 0 aliphatic heterocycles. The smallest absolute Gasteiger partial charge is 0.206 e. The van der Waals surface area contributed by atoms with E-state index >= 15 is 0 Å². The Bertz CT molecular complexity index is 369. The van der Waals surface area contributed by atoms with Crippen molar-refractivity contribution >= 4 is 21.6 Å². The van der Waals surface area contributed by atoms with Crippen molar-refractivity contribution in [3.63, 3.8) is 0 Å². The number of benzene rings is 1. The summed E-state index contributed by atoms with van der Waals surface area (Å²) in [6.45, 7) is 2.82. The number of nitrogens with one attached hydrogen (secondary N) is 1. The van der Waals surface area contributed by atoms with E-state index in [1.807, 2.05) is 13.0 Å². The lowest BCUT2D eigenvalue weighted by Crippen LogP contribution is -2.03. The Hall–Kier alpha value is -1.10. The molecule has 0 saturated heterocycles. The maximum atomic E-state index is 5.33. The molecule has 0 bridgehead atoms. The van der Waals surface area contributed by atoms with Gasteiger partial charge in [-0.3, -0.25) is 0 Å². The van der Waals surface area contributed by atoms with E-state index in [2.05, 4.69) is 21.2 Å². The van der Waals surface area contributed by atoms with Crippen LogP contribution in [0.5, 0.6) is 17.2 Å². The molecule has 1 N–H and O–H groups in total. The molecular weight excluding hydrogens is 274 g/mol. The van der Waals surface area contributed by atoms with Crippen molar-refractivity contribution in [1.29, 1.82) is 0 Å². The molecular formula is C11H16BrNO3. The van der Waals surface area contributed by atoms with E-state index in [0.29, 0.717) is 17.2 Å². The lowest BCUT2D eigenvalue weighted by molar-refractivity contribution is 0.324. The number of hydrogen-bond donors (Lipinski definition) is 1. The quantitative estimate of drug-likeness (QED) is 0.905. The first-order valence-corrected chi connectivity index (χ1v) is 5.71. The summed E-state index contributed by atoms with van der Waals surface area (Å²) in [7, 11) is 4.78. The van der Waals surface area contributed by atoms with E-state index in [9.17, 15) is 0 Å². The Morgan fingerprint density at radius 2 is 1.62 bits per heavy atom. The van der Waals surface area contributed by atoms with Gasteiger partial charge in [0.15, 0.2) is 11.5 Å². The molecule has 0 aliphatic carbocycles. The van der Waals surface area contributed by atoms with Gasteiger partial charge in [-0.1, -0.05) is 0 Å². The summed E-state index contributed by atoms with van der Waals surface area (Å²) in [4.78, 5) is 0. The zero-order valence-corrected chi connectivity index (χ0v) is 11.5. The van der Waals surface area contributed by atoms with E-state index in [1.165, 1.54) is 0 Å². The van der Waals surface area contributed by atoms with Crippen molar-refractivity contribution in [2.75, 3.05) is 33.2 Å². The third-order valence-electron chi connectivity index (χ3n) is 2.12. The maximum absolute atomic E-state index is 5.33. The van der Waals surface area contributed by atoms with Crippen LogP contribution in [0.3, 0.4) is 0 Å². The number of ether oxygens (including phenoxy) is 3. The minimum Gasteiger partial charge on any atom is -0.492 e. The van der Waals surface area contributed by atoms with Crippen molar-refractivity contribution in [3.8, 4) is 17.2 Å². The zero-order valence-electron chi connectivity index (χ0n) is 9.89. The largest absolute Gasteiger partial charge is 0.492 e. The van der Waals surface area contributed by atoms with Gasteiger partial charge in [-0.15, -0.1) is 0 Å². The third kappa shape index (κ3) is 2.35. The van der Waals surface area contributed by atoms with Gasteiger partial charge in [0.25, 0.3) is 0 Å². The van der Waals surface area contributed by atoms with Crippen LogP contribution >= 0.6 is 15.9 Å². The van der Waals surface area contributed by atoms with Crippen molar-refractivity contribution in [2.24, 2.45) is 0 Å². The molecule has 0 unspecified atom stereocenters. The molecule has 1 aromatic carbocycles. The van der Waals surface area contributed by atoms with E-state index in [0.717, 1.165) is 16.7 Å². The number of methoxy groups -OCH3 is 3. The zero-order chi connectivity index (χ0) is 12.1. The van der Waals surface area contributed by atoms with Crippen LogP contribution in [0.15, 0.2) is 10.5 Å². The topological polar surface area (TPSA) is 39.7 Å². The second-order valence-electron chi connectivity index (χ2n) is 3.04. The lowest BCUT2D eigenvalue weighted by atomic mass is 10.2. The van der Waals surface area contributed by atoms with Crippen LogP contribution < -0.4 is 19.5 Å². The van der Waals surface area contributed by atoms with E-state index in [4.69, 9.17) is 14.2 Å². The van der Waals surface area contributed by atoms with Crippen LogP contribution in [0.1, 0.15) is 6.92 Å². The standard InChI is InChI=1S/C11H16BrNO3/c1-5-13-8-6-7(12)9(14-2)11(16-4)10(8)15-3/h6,13H,5H2,1-4H3. The SMILES string of the molecule is CCNc1cc(Br)c(OC)c(OC)c1OC. The highest BCUT2D eigenvalue weighted by molar-refractivity contribution is 9.10. The first-order valence-electron chi connectivity index (χ1n) is 4.91. The molecule has 90 valence electrons. The molecule has 0 amide bonds. The number of halogens is 1. The molecule has 0 spiro atoms. The van der Waals surface area contributed by atoms with Gasteiger partial charge in [-0.05, 0) is 28.9 Å². The van der Waals surface area contributed by atoms with Crippen LogP contribution in [0, 0.1) is 0 Å². The van der Waals surface area contributed by atoms with Gasteiger partial charge in [0.05, 0.1) is 31.5 Å². The third-order valence-corrected chi connectivity index (χ3v) is 2.71. The Labute approximate surface area is 104 Å². The Kier molecular flexibility index (Phi) is 4.73. The molecule has 1 rings (SSSR count). The first kappa shape index (κ1) is 13.0. The van der Waals surface area contributed by atoms with Gasteiger partial charge in [0.1, 0.15) is 0 Å². The lowest BCUT2D eigenvalue weighted by Gasteiger charge is -2.17. The van der Waals surface area contributed by atoms with Crippen LogP contribution in [0.4, 0.5) is 5.69 Å². The average Bonchev–Trinajstić information content (AvgIpc) is 2.28. The fourth-order valence-corrected chi connectivity index (χ4v) is 2.06. The summed E-state index contributed by atoms with van der Waals surface area (Å²) in [6.07, 6.45) is 0. The Morgan fingerprint density at radius 1 is 1.06 bits per heavy atom. The Balaban J connectivity index is 3.37. The summed E-state index contributed by atoms with van der Waals surface area (Å²) in [5.41, 5.74) is 0.870. The van der Waals surface area contributed by atoms with Crippen molar-refractivity contribution < 1.29 is 14.2 Å². The molecule has 0 atom stereocenters. The Morgan fingerprint density at radius 3 is 2.06 bits per heavy atom. The highest BCUT2D eigenvalue weighted by atomic mass is 79.9. The van der Waals surface area contributed by atoms with E-state index < -0.39 is 0 Å². The minimum absolute atomic E-state index is 0.579. The summed E-state index contributed by atoms with van der Waals surface area (Å²) >= 11 is 3.43. The molecule has 0 fully saturated rings. The maximum Gasteiger partial charge on any atom is 0.206 e. The summed E-state index contributed by atoms with van der Waals surface area (Å²) in [5.74, 6) is 1.85. The first-order chi connectivity index (χ1) is 7.69. The summed E-state index contributed by atoms with van der Waals surface area (Å²) < 4.78 is 16.7. The summed E-state index contributed by atoms with van der Waals surface area (Å²) in [5, 5.41) is 3.20.